The van der Waals surface area contributed by atoms with Crippen LogP contribution >= 0.6 is 11.3 Å². The Bertz CT molecular complexity index is 597. The number of hydrogen-bond acceptors (Lipinski definition) is 6. The van der Waals surface area contributed by atoms with E-state index in [4.69, 9.17) is 0 Å². The van der Waals surface area contributed by atoms with Gasteiger partial charge in [-0.3, -0.25) is 0 Å². The predicted molar refractivity (Wildman–Crippen MR) is 90.3 cm³/mol. The first kappa shape index (κ1) is 14.5. The number of aromatic nitrogens is 2. The number of fused-ring (bicyclic) bond motifs is 1. The van der Waals surface area contributed by atoms with E-state index in [9.17, 15) is 0 Å². The van der Waals surface area contributed by atoms with Gasteiger partial charge in [-0.15, -0.1) is 11.3 Å². The molecular formula is C15H23N5S. The lowest BCUT2D eigenvalue weighted by atomic mass is 10.1. The van der Waals surface area contributed by atoms with Crippen LogP contribution in [-0.4, -0.2) is 48.1 Å². The molecule has 3 heterocycles. The molecule has 1 atom stereocenters. The Kier molecular flexibility index (Phi) is 4.55. The Morgan fingerprint density at radius 1 is 1.38 bits per heavy atom. The number of likely N-dealkylation sites (tertiary alicyclic amines) is 1. The molecule has 0 saturated carbocycles. The number of rotatable bonds is 6. The quantitative estimate of drug-likeness (QED) is 0.859. The lowest BCUT2D eigenvalue weighted by Gasteiger charge is -2.13. The normalized spacial score (nSPS) is 19.2. The first-order chi connectivity index (χ1) is 10.3. The second-order valence-corrected chi connectivity index (χ2v) is 6.65. The fourth-order valence-electron chi connectivity index (χ4n) is 2.74. The van der Waals surface area contributed by atoms with Gasteiger partial charge in [0.05, 0.1) is 5.39 Å². The van der Waals surface area contributed by atoms with Gasteiger partial charge in [0.2, 0.25) is 5.95 Å². The Labute approximate surface area is 129 Å². The summed E-state index contributed by atoms with van der Waals surface area (Å²) in [6.07, 6.45) is 2.34. The molecule has 1 unspecified atom stereocenters. The van der Waals surface area contributed by atoms with Crippen molar-refractivity contribution in [1.29, 1.82) is 0 Å². The minimum absolute atomic E-state index is 0.714. The lowest BCUT2D eigenvalue weighted by molar-refractivity contribution is 0.399. The van der Waals surface area contributed by atoms with Crippen molar-refractivity contribution >= 4 is 33.3 Å². The summed E-state index contributed by atoms with van der Waals surface area (Å²) in [5.74, 6) is 2.41. The van der Waals surface area contributed by atoms with Gasteiger partial charge < -0.3 is 15.5 Å². The monoisotopic (exact) mass is 305 g/mol. The summed E-state index contributed by atoms with van der Waals surface area (Å²) in [7, 11) is 2.19. The van der Waals surface area contributed by atoms with E-state index < -0.39 is 0 Å². The van der Waals surface area contributed by atoms with Crippen LogP contribution in [-0.2, 0) is 0 Å². The molecular weight excluding hydrogens is 282 g/mol. The summed E-state index contributed by atoms with van der Waals surface area (Å²) in [6.45, 7) is 6.41. The molecule has 0 aliphatic carbocycles. The van der Waals surface area contributed by atoms with E-state index in [1.807, 2.05) is 0 Å². The van der Waals surface area contributed by atoms with Gasteiger partial charge in [-0.2, -0.15) is 4.98 Å². The van der Waals surface area contributed by atoms with E-state index in [2.05, 4.69) is 50.9 Å². The zero-order valence-corrected chi connectivity index (χ0v) is 13.5. The number of anilines is 2. The molecule has 1 aliphatic heterocycles. The molecule has 2 aromatic heterocycles. The molecule has 1 saturated heterocycles. The van der Waals surface area contributed by atoms with Crippen LogP contribution in [0.5, 0.6) is 0 Å². The van der Waals surface area contributed by atoms with Gasteiger partial charge in [0.25, 0.3) is 0 Å². The van der Waals surface area contributed by atoms with Gasteiger partial charge in [-0.25, -0.2) is 4.98 Å². The maximum atomic E-state index is 4.65. The Hall–Kier alpha value is -1.40. The third-order valence-electron chi connectivity index (χ3n) is 3.91. The van der Waals surface area contributed by atoms with Crippen molar-refractivity contribution in [2.45, 2.75) is 19.8 Å². The van der Waals surface area contributed by atoms with Gasteiger partial charge >= 0.3 is 0 Å². The third kappa shape index (κ3) is 3.44. The molecule has 1 fully saturated rings. The summed E-state index contributed by atoms with van der Waals surface area (Å²) in [4.78, 5) is 12.7. The Morgan fingerprint density at radius 2 is 2.29 bits per heavy atom. The van der Waals surface area contributed by atoms with Crippen molar-refractivity contribution in [3.05, 3.63) is 11.4 Å². The van der Waals surface area contributed by atoms with Crippen molar-refractivity contribution in [3.8, 4) is 0 Å². The van der Waals surface area contributed by atoms with Crippen LogP contribution in [0.1, 0.15) is 19.8 Å². The molecule has 0 radical (unpaired) electrons. The van der Waals surface area contributed by atoms with Gasteiger partial charge in [-0.05, 0) is 43.8 Å². The lowest BCUT2D eigenvalue weighted by Crippen LogP contribution is -2.19. The first-order valence-electron chi connectivity index (χ1n) is 7.67. The zero-order valence-electron chi connectivity index (χ0n) is 12.7. The molecule has 0 spiro atoms. The fourth-order valence-corrected chi connectivity index (χ4v) is 3.50. The van der Waals surface area contributed by atoms with Crippen molar-refractivity contribution in [2.75, 3.05) is 43.9 Å². The molecule has 2 aromatic rings. The summed E-state index contributed by atoms with van der Waals surface area (Å²) >= 11 is 1.67. The van der Waals surface area contributed by atoms with Crippen LogP contribution in [0.2, 0.25) is 0 Å². The molecule has 1 aliphatic rings. The highest BCUT2D eigenvalue weighted by Crippen LogP contribution is 2.27. The molecule has 0 amide bonds. The largest absolute Gasteiger partial charge is 0.369 e. The molecule has 2 N–H and O–H groups in total. The maximum absolute atomic E-state index is 4.65. The molecule has 6 heteroatoms. The number of hydrogen-bond donors (Lipinski definition) is 2. The number of nitrogens with one attached hydrogen (secondary N) is 2. The minimum Gasteiger partial charge on any atom is -0.369 e. The topological polar surface area (TPSA) is 53.1 Å². The van der Waals surface area contributed by atoms with E-state index in [0.717, 1.165) is 41.5 Å². The van der Waals surface area contributed by atoms with Gasteiger partial charge in [0.1, 0.15) is 10.6 Å². The maximum Gasteiger partial charge on any atom is 0.226 e. The van der Waals surface area contributed by atoms with Crippen LogP contribution < -0.4 is 10.6 Å². The van der Waals surface area contributed by atoms with Crippen molar-refractivity contribution < 1.29 is 0 Å². The van der Waals surface area contributed by atoms with Crippen LogP contribution in [0, 0.1) is 5.92 Å². The summed E-state index contributed by atoms with van der Waals surface area (Å²) < 4.78 is 0. The smallest absolute Gasteiger partial charge is 0.226 e. The molecule has 5 nitrogen and oxygen atoms in total. The van der Waals surface area contributed by atoms with Gasteiger partial charge in [0.15, 0.2) is 0 Å². The second kappa shape index (κ2) is 6.58. The average molecular weight is 305 g/mol. The summed E-state index contributed by atoms with van der Waals surface area (Å²) in [5, 5.41) is 10.0. The van der Waals surface area contributed by atoms with Crippen LogP contribution in [0.3, 0.4) is 0 Å². The van der Waals surface area contributed by atoms with Crippen molar-refractivity contribution in [3.63, 3.8) is 0 Å². The molecule has 21 heavy (non-hydrogen) atoms. The van der Waals surface area contributed by atoms with E-state index in [0.29, 0.717) is 5.92 Å². The summed E-state index contributed by atoms with van der Waals surface area (Å²) in [5.41, 5.74) is 0. The van der Waals surface area contributed by atoms with Crippen molar-refractivity contribution in [1.82, 2.24) is 14.9 Å². The minimum atomic E-state index is 0.714. The predicted octanol–water partition coefficient (Wildman–Crippen LogP) is 2.88. The SMILES string of the molecule is CCCNc1nc(NCC2CCN(C)C2)c2ccsc2n1. The fraction of sp³-hybridized carbons (Fsp3) is 0.600. The van der Waals surface area contributed by atoms with Gasteiger partial charge in [0, 0.05) is 19.6 Å². The molecule has 3 rings (SSSR count). The van der Waals surface area contributed by atoms with Crippen LogP contribution in [0.4, 0.5) is 11.8 Å². The number of thiophene rings is 1. The zero-order chi connectivity index (χ0) is 14.7. The van der Waals surface area contributed by atoms with E-state index in [-0.39, 0.29) is 0 Å². The van der Waals surface area contributed by atoms with E-state index in [1.165, 1.54) is 19.5 Å². The summed E-state index contributed by atoms with van der Waals surface area (Å²) in [6, 6.07) is 2.10. The van der Waals surface area contributed by atoms with Gasteiger partial charge in [-0.1, -0.05) is 6.92 Å². The van der Waals surface area contributed by atoms with E-state index in [1.54, 1.807) is 11.3 Å². The standard InChI is InChI=1S/C15H23N5S/c1-3-6-16-15-18-13(12-5-8-21-14(12)19-15)17-9-11-4-7-20(2)10-11/h5,8,11H,3-4,6-7,9-10H2,1-2H3,(H2,16,17,18,19). The van der Waals surface area contributed by atoms with Crippen molar-refractivity contribution in [2.24, 2.45) is 5.92 Å². The molecule has 0 bridgehead atoms. The highest BCUT2D eigenvalue weighted by atomic mass is 32.1. The van der Waals surface area contributed by atoms with Crippen LogP contribution in [0.15, 0.2) is 11.4 Å². The van der Waals surface area contributed by atoms with Crippen LogP contribution in [0.25, 0.3) is 10.2 Å². The second-order valence-electron chi connectivity index (χ2n) is 5.76. The highest BCUT2D eigenvalue weighted by molar-refractivity contribution is 7.16. The molecule has 114 valence electrons. The van der Waals surface area contributed by atoms with E-state index >= 15 is 0 Å². The molecule has 0 aromatic carbocycles. The number of nitrogens with zero attached hydrogens (tertiary/aromatic N) is 3. The highest BCUT2D eigenvalue weighted by Gasteiger charge is 2.19. The Balaban J connectivity index is 1.74. The average Bonchev–Trinajstić information content (AvgIpc) is 3.11. The Morgan fingerprint density at radius 3 is 3.05 bits per heavy atom. The third-order valence-corrected chi connectivity index (χ3v) is 4.71. The first-order valence-corrected chi connectivity index (χ1v) is 8.55.